The van der Waals surface area contributed by atoms with Crippen molar-refractivity contribution >= 4 is 5.97 Å². The zero-order chi connectivity index (χ0) is 14.6. The number of hydrogen-bond acceptors (Lipinski definition) is 3. The molecule has 0 saturated carbocycles. The SMILES string of the molecule is CCCCCCCCOC(=O)C(C)Oc1ccccc1. The van der Waals surface area contributed by atoms with Crippen LogP contribution in [0, 0.1) is 0 Å². The van der Waals surface area contributed by atoms with Gasteiger partial charge in [0.2, 0.25) is 0 Å². The third kappa shape index (κ3) is 7.17. The topological polar surface area (TPSA) is 35.5 Å². The zero-order valence-electron chi connectivity index (χ0n) is 12.6. The van der Waals surface area contributed by atoms with Gasteiger partial charge in [0.25, 0.3) is 0 Å². The Balaban J connectivity index is 2.10. The molecule has 0 aliphatic rings. The number of esters is 1. The molecule has 0 radical (unpaired) electrons. The summed E-state index contributed by atoms with van der Waals surface area (Å²) in [7, 11) is 0. The summed E-state index contributed by atoms with van der Waals surface area (Å²) in [5.74, 6) is 0.402. The van der Waals surface area contributed by atoms with Crippen LogP contribution in [0.25, 0.3) is 0 Å². The first-order valence-electron chi connectivity index (χ1n) is 7.62. The fourth-order valence-electron chi connectivity index (χ4n) is 1.92. The van der Waals surface area contributed by atoms with Gasteiger partial charge >= 0.3 is 5.97 Å². The number of para-hydroxylation sites is 1. The lowest BCUT2D eigenvalue weighted by Gasteiger charge is -2.13. The molecule has 1 aromatic carbocycles. The maximum Gasteiger partial charge on any atom is 0.347 e. The average Bonchev–Trinajstić information content (AvgIpc) is 2.47. The van der Waals surface area contributed by atoms with Gasteiger partial charge in [-0.3, -0.25) is 0 Å². The van der Waals surface area contributed by atoms with E-state index in [2.05, 4.69) is 6.92 Å². The Hall–Kier alpha value is -1.51. The van der Waals surface area contributed by atoms with Gasteiger partial charge in [-0.1, -0.05) is 57.2 Å². The van der Waals surface area contributed by atoms with Crippen molar-refractivity contribution in [2.45, 2.75) is 58.5 Å². The number of ether oxygens (including phenoxy) is 2. The summed E-state index contributed by atoms with van der Waals surface area (Å²) >= 11 is 0. The first-order chi connectivity index (χ1) is 9.74. The van der Waals surface area contributed by atoms with Gasteiger partial charge in [-0.15, -0.1) is 0 Å². The molecule has 0 aliphatic carbocycles. The summed E-state index contributed by atoms with van der Waals surface area (Å²) in [6.45, 7) is 4.42. The summed E-state index contributed by atoms with van der Waals surface area (Å²) in [5.41, 5.74) is 0. The highest BCUT2D eigenvalue weighted by Gasteiger charge is 2.15. The molecule has 112 valence electrons. The maximum atomic E-state index is 11.7. The quantitative estimate of drug-likeness (QED) is 0.471. The van der Waals surface area contributed by atoms with E-state index in [1.54, 1.807) is 6.92 Å². The minimum absolute atomic E-state index is 0.289. The summed E-state index contributed by atoms with van der Waals surface area (Å²) in [6.07, 6.45) is 6.55. The molecule has 0 aromatic heterocycles. The van der Waals surface area contributed by atoms with Crippen molar-refractivity contribution < 1.29 is 14.3 Å². The third-order valence-electron chi connectivity index (χ3n) is 3.13. The summed E-state index contributed by atoms with van der Waals surface area (Å²) < 4.78 is 10.7. The Kier molecular flexibility index (Phi) is 8.52. The molecule has 0 bridgehead atoms. The van der Waals surface area contributed by atoms with Gasteiger partial charge in [0, 0.05) is 0 Å². The van der Waals surface area contributed by atoms with Crippen molar-refractivity contribution in [1.82, 2.24) is 0 Å². The number of carbonyl (C=O) groups is 1. The van der Waals surface area contributed by atoms with Crippen LogP contribution in [-0.4, -0.2) is 18.7 Å². The van der Waals surface area contributed by atoms with Crippen molar-refractivity contribution in [3.63, 3.8) is 0 Å². The summed E-state index contributed by atoms with van der Waals surface area (Å²) in [5, 5.41) is 0. The van der Waals surface area contributed by atoms with Crippen molar-refractivity contribution in [1.29, 1.82) is 0 Å². The molecule has 1 aromatic rings. The molecule has 0 spiro atoms. The van der Waals surface area contributed by atoms with E-state index in [0.717, 1.165) is 12.8 Å². The van der Waals surface area contributed by atoms with E-state index < -0.39 is 6.10 Å². The van der Waals surface area contributed by atoms with Crippen LogP contribution in [0.3, 0.4) is 0 Å². The van der Waals surface area contributed by atoms with Crippen LogP contribution in [-0.2, 0) is 9.53 Å². The zero-order valence-corrected chi connectivity index (χ0v) is 12.6. The minimum atomic E-state index is -0.558. The van der Waals surface area contributed by atoms with Gasteiger partial charge in [0.15, 0.2) is 6.10 Å². The van der Waals surface area contributed by atoms with Crippen molar-refractivity contribution in [2.75, 3.05) is 6.61 Å². The Morgan fingerprint density at radius 1 is 1.05 bits per heavy atom. The molecule has 0 heterocycles. The van der Waals surface area contributed by atoms with Crippen LogP contribution in [0.1, 0.15) is 52.4 Å². The van der Waals surface area contributed by atoms with Crippen LogP contribution < -0.4 is 4.74 Å². The smallest absolute Gasteiger partial charge is 0.347 e. The first-order valence-corrected chi connectivity index (χ1v) is 7.62. The molecule has 0 fully saturated rings. The van der Waals surface area contributed by atoms with E-state index in [0.29, 0.717) is 12.4 Å². The molecule has 1 unspecified atom stereocenters. The lowest BCUT2D eigenvalue weighted by atomic mass is 10.1. The summed E-state index contributed by atoms with van der Waals surface area (Å²) in [6, 6.07) is 9.33. The van der Waals surface area contributed by atoms with Gasteiger partial charge in [-0.25, -0.2) is 4.79 Å². The molecule has 0 aliphatic heterocycles. The van der Waals surface area contributed by atoms with E-state index in [4.69, 9.17) is 9.47 Å². The standard InChI is InChI=1S/C17H26O3/c1-3-4-5-6-7-11-14-19-17(18)15(2)20-16-12-9-8-10-13-16/h8-10,12-13,15H,3-7,11,14H2,1-2H3. The normalized spacial score (nSPS) is 11.9. The molecule has 0 saturated heterocycles. The fourth-order valence-corrected chi connectivity index (χ4v) is 1.92. The summed E-state index contributed by atoms with van der Waals surface area (Å²) in [4.78, 5) is 11.7. The van der Waals surface area contributed by atoms with Gasteiger partial charge < -0.3 is 9.47 Å². The number of unbranched alkanes of at least 4 members (excludes halogenated alkanes) is 5. The van der Waals surface area contributed by atoms with E-state index in [1.807, 2.05) is 30.3 Å². The predicted molar refractivity (Wildman–Crippen MR) is 80.9 cm³/mol. The molecule has 20 heavy (non-hydrogen) atoms. The number of benzene rings is 1. The second kappa shape index (κ2) is 10.3. The van der Waals surface area contributed by atoms with E-state index in [9.17, 15) is 4.79 Å². The molecule has 3 heteroatoms. The highest BCUT2D eigenvalue weighted by atomic mass is 16.6. The minimum Gasteiger partial charge on any atom is -0.479 e. The monoisotopic (exact) mass is 278 g/mol. The second-order valence-corrected chi connectivity index (χ2v) is 5.01. The van der Waals surface area contributed by atoms with Crippen molar-refractivity contribution in [2.24, 2.45) is 0 Å². The largest absolute Gasteiger partial charge is 0.479 e. The van der Waals surface area contributed by atoms with Gasteiger partial charge in [0.05, 0.1) is 6.61 Å². The molecule has 1 rings (SSSR count). The van der Waals surface area contributed by atoms with Crippen LogP contribution in [0.15, 0.2) is 30.3 Å². The predicted octanol–water partition coefficient (Wildman–Crippen LogP) is 4.36. The molecule has 1 atom stereocenters. The molecule has 0 N–H and O–H groups in total. The highest BCUT2D eigenvalue weighted by molar-refractivity contribution is 5.74. The van der Waals surface area contributed by atoms with Crippen LogP contribution in [0.5, 0.6) is 5.75 Å². The number of carbonyl (C=O) groups excluding carboxylic acids is 1. The van der Waals surface area contributed by atoms with Crippen LogP contribution in [0.2, 0.25) is 0 Å². The van der Waals surface area contributed by atoms with Gasteiger partial charge in [-0.2, -0.15) is 0 Å². The molecule has 3 nitrogen and oxygen atoms in total. The van der Waals surface area contributed by atoms with E-state index in [-0.39, 0.29) is 5.97 Å². The Morgan fingerprint density at radius 3 is 2.40 bits per heavy atom. The first kappa shape index (κ1) is 16.5. The Bertz CT molecular complexity index is 362. The van der Waals surface area contributed by atoms with Gasteiger partial charge in [-0.05, 0) is 25.5 Å². The van der Waals surface area contributed by atoms with Gasteiger partial charge in [0.1, 0.15) is 5.75 Å². The maximum absolute atomic E-state index is 11.7. The number of rotatable bonds is 10. The number of hydrogen-bond donors (Lipinski definition) is 0. The van der Waals surface area contributed by atoms with Crippen molar-refractivity contribution in [3.05, 3.63) is 30.3 Å². The molecular formula is C17H26O3. The lowest BCUT2D eigenvalue weighted by molar-refractivity contribution is -0.151. The van der Waals surface area contributed by atoms with E-state index >= 15 is 0 Å². The van der Waals surface area contributed by atoms with Crippen LogP contribution in [0.4, 0.5) is 0 Å². The highest BCUT2D eigenvalue weighted by Crippen LogP contribution is 2.11. The lowest BCUT2D eigenvalue weighted by Crippen LogP contribution is -2.26. The average molecular weight is 278 g/mol. The molecule has 0 amide bonds. The molecular weight excluding hydrogens is 252 g/mol. The van der Waals surface area contributed by atoms with Crippen molar-refractivity contribution in [3.8, 4) is 5.75 Å². The third-order valence-corrected chi connectivity index (χ3v) is 3.13. The van der Waals surface area contributed by atoms with Crippen LogP contribution >= 0.6 is 0 Å². The van der Waals surface area contributed by atoms with E-state index in [1.165, 1.54) is 25.7 Å². The fraction of sp³-hybridized carbons (Fsp3) is 0.588. The Labute approximate surface area is 122 Å². The Morgan fingerprint density at radius 2 is 1.70 bits per heavy atom. The second-order valence-electron chi connectivity index (χ2n) is 5.01.